The van der Waals surface area contributed by atoms with E-state index in [4.69, 9.17) is 5.11 Å². The number of carbonyl (C=O) groups is 1. The number of aromatic carboxylic acids is 1. The molecular weight excluding hydrogens is 222 g/mol. The van der Waals surface area contributed by atoms with E-state index in [-0.39, 0.29) is 0 Å². The first-order valence-corrected chi connectivity index (χ1v) is 6.08. The lowest BCUT2D eigenvalue weighted by molar-refractivity contribution is 0.0685. The number of hydrogen-bond donors (Lipinski definition) is 1. The van der Waals surface area contributed by atoms with Gasteiger partial charge in [0, 0.05) is 6.54 Å². The molecule has 84 valence electrons. The van der Waals surface area contributed by atoms with E-state index in [0.717, 1.165) is 23.5 Å². The Hall–Kier alpha value is -1.55. The highest BCUT2D eigenvalue weighted by atomic mass is 32.1. The third kappa shape index (κ3) is 1.88. The number of hydrogen-bond acceptors (Lipinski definition) is 2. The van der Waals surface area contributed by atoms with Crippen molar-refractivity contribution in [1.82, 2.24) is 4.57 Å². The summed E-state index contributed by atoms with van der Waals surface area (Å²) in [4.78, 5) is 12.2. The largest absolute Gasteiger partial charge is 0.477 e. The van der Waals surface area contributed by atoms with Crippen molar-refractivity contribution in [3.8, 4) is 10.6 Å². The molecule has 0 aliphatic heterocycles. The van der Waals surface area contributed by atoms with Gasteiger partial charge in [0.05, 0.1) is 10.6 Å². The molecule has 0 amide bonds. The van der Waals surface area contributed by atoms with E-state index in [1.54, 1.807) is 17.4 Å². The molecule has 1 N–H and O–H groups in total. The molecule has 0 bridgehead atoms. The van der Waals surface area contributed by atoms with Crippen LogP contribution in [0.5, 0.6) is 0 Å². The minimum atomic E-state index is -0.865. The number of carboxylic acids is 1. The lowest BCUT2D eigenvalue weighted by atomic mass is 10.3. The number of rotatable bonds is 4. The Kier molecular flexibility index (Phi) is 3.10. The third-order valence-electron chi connectivity index (χ3n) is 2.42. The van der Waals surface area contributed by atoms with E-state index in [1.807, 2.05) is 35.1 Å². The molecule has 2 heterocycles. The fourth-order valence-electron chi connectivity index (χ4n) is 1.76. The molecule has 0 saturated heterocycles. The van der Waals surface area contributed by atoms with E-state index in [9.17, 15) is 4.79 Å². The molecule has 0 aliphatic carbocycles. The Morgan fingerprint density at radius 3 is 2.81 bits per heavy atom. The maximum Gasteiger partial charge on any atom is 0.352 e. The fraction of sp³-hybridized carbons (Fsp3) is 0.250. The summed E-state index contributed by atoms with van der Waals surface area (Å²) >= 11 is 1.63. The number of carboxylic acid groups (broad SMARTS) is 1. The van der Waals surface area contributed by atoms with Crippen LogP contribution in [0.4, 0.5) is 0 Å². The molecule has 2 aromatic rings. The smallest absolute Gasteiger partial charge is 0.352 e. The minimum Gasteiger partial charge on any atom is -0.477 e. The van der Waals surface area contributed by atoms with E-state index in [1.165, 1.54) is 0 Å². The SMILES string of the molecule is CCCn1c(C(=O)O)ccc1-c1cccs1. The second kappa shape index (κ2) is 4.53. The Bertz CT molecular complexity index is 485. The zero-order valence-electron chi connectivity index (χ0n) is 9.01. The maximum absolute atomic E-state index is 11.1. The van der Waals surface area contributed by atoms with Crippen LogP contribution in [0.15, 0.2) is 29.6 Å². The molecule has 0 aromatic carbocycles. The average molecular weight is 235 g/mol. The van der Waals surface area contributed by atoms with Gasteiger partial charge in [0.25, 0.3) is 0 Å². The lowest BCUT2D eigenvalue weighted by Gasteiger charge is -2.08. The number of nitrogens with zero attached hydrogens (tertiary/aromatic N) is 1. The van der Waals surface area contributed by atoms with Gasteiger partial charge in [0.1, 0.15) is 5.69 Å². The van der Waals surface area contributed by atoms with Gasteiger partial charge < -0.3 is 9.67 Å². The predicted octanol–water partition coefficient (Wildman–Crippen LogP) is 3.32. The average Bonchev–Trinajstić information content (AvgIpc) is 2.84. The van der Waals surface area contributed by atoms with E-state index < -0.39 is 5.97 Å². The van der Waals surface area contributed by atoms with Gasteiger partial charge in [-0.25, -0.2) is 4.79 Å². The molecule has 3 nitrogen and oxygen atoms in total. The molecule has 0 atom stereocenters. The summed E-state index contributed by atoms with van der Waals surface area (Å²) in [6.45, 7) is 2.78. The summed E-state index contributed by atoms with van der Waals surface area (Å²) in [5.41, 5.74) is 1.36. The van der Waals surface area contributed by atoms with E-state index >= 15 is 0 Å². The van der Waals surface area contributed by atoms with Crippen LogP contribution >= 0.6 is 11.3 Å². The zero-order chi connectivity index (χ0) is 11.5. The monoisotopic (exact) mass is 235 g/mol. The minimum absolute atomic E-state index is 0.366. The highest BCUT2D eigenvalue weighted by Gasteiger charge is 2.14. The molecular formula is C12H13NO2S. The summed E-state index contributed by atoms with van der Waals surface area (Å²) < 4.78 is 1.87. The zero-order valence-corrected chi connectivity index (χ0v) is 9.83. The first-order chi connectivity index (χ1) is 7.74. The van der Waals surface area contributed by atoms with Crippen LogP contribution in [-0.4, -0.2) is 15.6 Å². The summed E-state index contributed by atoms with van der Waals surface area (Å²) in [7, 11) is 0. The molecule has 4 heteroatoms. The van der Waals surface area contributed by atoms with Crippen molar-refractivity contribution in [3.05, 3.63) is 35.3 Å². The molecule has 0 saturated carbocycles. The van der Waals surface area contributed by atoms with Crippen molar-refractivity contribution in [2.45, 2.75) is 19.9 Å². The predicted molar refractivity (Wildman–Crippen MR) is 65.0 cm³/mol. The quantitative estimate of drug-likeness (QED) is 0.883. The Balaban J connectivity index is 2.50. The highest BCUT2D eigenvalue weighted by Crippen LogP contribution is 2.27. The second-order valence-corrected chi connectivity index (χ2v) is 4.49. The fourth-order valence-corrected chi connectivity index (χ4v) is 2.52. The topological polar surface area (TPSA) is 42.2 Å². The molecule has 0 spiro atoms. The van der Waals surface area contributed by atoms with E-state index in [2.05, 4.69) is 0 Å². The lowest BCUT2D eigenvalue weighted by Crippen LogP contribution is -2.09. The van der Waals surface area contributed by atoms with Crippen LogP contribution in [0.25, 0.3) is 10.6 Å². The van der Waals surface area contributed by atoms with Crippen molar-refractivity contribution in [1.29, 1.82) is 0 Å². The van der Waals surface area contributed by atoms with Gasteiger partial charge in [0.2, 0.25) is 0 Å². The summed E-state index contributed by atoms with van der Waals surface area (Å²) in [5, 5.41) is 11.1. The van der Waals surface area contributed by atoms with Crippen molar-refractivity contribution < 1.29 is 9.90 Å². The van der Waals surface area contributed by atoms with Gasteiger partial charge in [-0.3, -0.25) is 0 Å². The van der Waals surface area contributed by atoms with Gasteiger partial charge in [0.15, 0.2) is 0 Å². The Morgan fingerprint density at radius 1 is 1.44 bits per heavy atom. The van der Waals surface area contributed by atoms with Gasteiger partial charge in [-0.15, -0.1) is 11.3 Å². The normalized spacial score (nSPS) is 10.6. The van der Waals surface area contributed by atoms with Crippen LogP contribution < -0.4 is 0 Å². The number of thiophene rings is 1. The van der Waals surface area contributed by atoms with Crippen LogP contribution in [0.1, 0.15) is 23.8 Å². The molecule has 2 rings (SSSR count). The standard InChI is InChI=1S/C12H13NO2S/c1-2-7-13-9(11-4-3-8-16-11)5-6-10(13)12(14)15/h3-6,8H,2,7H2,1H3,(H,14,15). The molecule has 0 radical (unpaired) electrons. The summed E-state index contributed by atoms with van der Waals surface area (Å²) in [5.74, 6) is -0.865. The van der Waals surface area contributed by atoms with Gasteiger partial charge >= 0.3 is 5.97 Å². The number of aromatic nitrogens is 1. The summed E-state index contributed by atoms with van der Waals surface area (Å²) in [6, 6.07) is 7.54. The molecule has 0 fully saturated rings. The maximum atomic E-state index is 11.1. The highest BCUT2D eigenvalue weighted by molar-refractivity contribution is 7.13. The molecule has 16 heavy (non-hydrogen) atoms. The van der Waals surface area contributed by atoms with E-state index in [0.29, 0.717) is 5.69 Å². The Labute approximate surface area is 98.0 Å². The van der Waals surface area contributed by atoms with Crippen molar-refractivity contribution >= 4 is 17.3 Å². The van der Waals surface area contributed by atoms with Crippen molar-refractivity contribution in [2.24, 2.45) is 0 Å². The molecule has 2 aromatic heterocycles. The van der Waals surface area contributed by atoms with Gasteiger partial charge in [-0.05, 0) is 30.0 Å². The molecule has 0 aliphatic rings. The van der Waals surface area contributed by atoms with Crippen molar-refractivity contribution in [3.63, 3.8) is 0 Å². The van der Waals surface area contributed by atoms with Crippen molar-refractivity contribution in [2.75, 3.05) is 0 Å². The first-order valence-electron chi connectivity index (χ1n) is 5.20. The molecule has 0 unspecified atom stereocenters. The Morgan fingerprint density at radius 2 is 2.25 bits per heavy atom. The third-order valence-corrected chi connectivity index (χ3v) is 3.31. The summed E-state index contributed by atoms with van der Waals surface area (Å²) in [6.07, 6.45) is 0.924. The van der Waals surface area contributed by atoms with Crippen LogP contribution in [0.3, 0.4) is 0 Å². The van der Waals surface area contributed by atoms with Gasteiger partial charge in [-0.1, -0.05) is 13.0 Å². The van der Waals surface area contributed by atoms with Gasteiger partial charge in [-0.2, -0.15) is 0 Å². The first kappa shape index (κ1) is 11.0. The van der Waals surface area contributed by atoms with Crippen LogP contribution in [0.2, 0.25) is 0 Å². The second-order valence-electron chi connectivity index (χ2n) is 3.54. The van der Waals surface area contributed by atoms with Crippen LogP contribution in [0, 0.1) is 0 Å². The van der Waals surface area contributed by atoms with Crippen LogP contribution in [-0.2, 0) is 6.54 Å².